The normalized spacial score (nSPS) is 22.3. The number of benzene rings is 1. The van der Waals surface area contributed by atoms with Crippen molar-refractivity contribution in [3.05, 3.63) is 40.9 Å². The second kappa shape index (κ2) is 12.0. The maximum Gasteiger partial charge on any atom is 0.254 e. The monoisotopic (exact) mass is 540 g/mol. The number of carbonyl (C=O) groups is 1. The lowest BCUT2D eigenvalue weighted by Gasteiger charge is -2.38. The number of carbonyl (C=O) groups excluding carboxylic acids is 1. The number of hydrogen-bond donors (Lipinski definition) is 1. The van der Waals surface area contributed by atoms with Crippen molar-refractivity contribution in [3.63, 3.8) is 0 Å². The minimum Gasteiger partial charge on any atom is -0.598 e. The molecule has 2 fully saturated rings. The predicted molar refractivity (Wildman–Crippen MR) is 145 cm³/mol. The third-order valence-electron chi connectivity index (χ3n) is 6.65. The van der Waals surface area contributed by atoms with Crippen LogP contribution in [0.5, 0.6) is 5.75 Å². The molecule has 2 unspecified atom stereocenters. The molecule has 1 aromatic rings. The second-order valence-electron chi connectivity index (χ2n) is 10.9. The first-order valence-electron chi connectivity index (χ1n) is 12.7. The van der Waals surface area contributed by atoms with Crippen LogP contribution in [0.4, 0.5) is 0 Å². The number of hydrogen-bond acceptors (Lipinski definition) is 6. The van der Waals surface area contributed by atoms with Gasteiger partial charge in [0.25, 0.3) is 5.91 Å². The zero-order valence-corrected chi connectivity index (χ0v) is 24.0. The molecule has 2 saturated heterocycles. The quantitative estimate of drug-likeness (QED) is 0.352. The van der Waals surface area contributed by atoms with Crippen LogP contribution in [0.15, 0.2) is 24.8 Å². The van der Waals surface area contributed by atoms with E-state index in [0.717, 1.165) is 36.1 Å². The minimum atomic E-state index is -1.31. The summed E-state index contributed by atoms with van der Waals surface area (Å²) in [6.07, 6.45) is 3.41. The van der Waals surface area contributed by atoms with E-state index in [-0.39, 0.29) is 24.5 Å². The third kappa shape index (κ3) is 7.17. The van der Waals surface area contributed by atoms with Crippen molar-refractivity contribution in [1.29, 1.82) is 0 Å². The van der Waals surface area contributed by atoms with E-state index in [9.17, 15) is 9.35 Å². The summed E-state index contributed by atoms with van der Waals surface area (Å²) in [6.45, 7) is 17.1. The van der Waals surface area contributed by atoms with Crippen LogP contribution in [0.3, 0.4) is 0 Å². The fraction of sp³-hybridized carbons (Fsp3) is 0.667. The highest BCUT2D eigenvalue weighted by Crippen LogP contribution is 2.40. The van der Waals surface area contributed by atoms with Crippen molar-refractivity contribution in [2.75, 3.05) is 26.3 Å². The van der Waals surface area contributed by atoms with Gasteiger partial charge in [-0.15, -0.1) is 4.72 Å². The van der Waals surface area contributed by atoms with Gasteiger partial charge >= 0.3 is 0 Å². The fourth-order valence-electron chi connectivity index (χ4n) is 4.57. The Morgan fingerprint density at radius 3 is 2.58 bits per heavy atom. The van der Waals surface area contributed by atoms with Gasteiger partial charge < -0.3 is 23.7 Å². The third-order valence-corrected chi connectivity index (χ3v) is 8.58. The number of nitrogens with zero attached hydrogens (tertiary/aromatic N) is 1. The Morgan fingerprint density at radius 1 is 1.39 bits per heavy atom. The first kappa shape index (κ1) is 29.3. The number of nitrogens with one attached hydrogen (secondary N) is 1. The van der Waals surface area contributed by atoms with Gasteiger partial charge in [0.15, 0.2) is 11.9 Å². The topological polar surface area (TPSA) is 83.1 Å². The van der Waals surface area contributed by atoms with Crippen molar-refractivity contribution in [3.8, 4) is 5.75 Å². The molecule has 0 aliphatic carbocycles. The Hall–Kier alpha value is -1.29. The average Bonchev–Trinajstić information content (AvgIpc) is 3.20. The van der Waals surface area contributed by atoms with Crippen molar-refractivity contribution < 1.29 is 23.6 Å². The van der Waals surface area contributed by atoms with E-state index >= 15 is 0 Å². The Labute approximate surface area is 224 Å². The summed E-state index contributed by atoms with van der Waals surface area (Å²) in [7, 11) is 0. The molecule has 0 spiro atoms. The van der Waals surface area contributed by atoms with Crippen LogP contribution >= 0.6 is 11.6 Å². The molecule has 1 N–H and O–H groups in total. The lowest BCUT2D eigenvalue weighted by molar-refractivity contribution is -0.161. The summed E-state index contributed by atoms with van der Waals surface area (Å²) in [5.41, 5.74) is 1.88. The highest BCUT2D eigenvalue weighted by Gasteiger charge is 2.41. The summed E-state index contributed by atoms with van der Waals surface area (Å²) in [5, 5.41) is 0.667. The van der Waals surface area contributed by atoms with Gasteiger partial charge in [-0.3, -0.25) is 4.79 Å². The van der Waals surface area contributed by atoms with Gasteiger partial charge in [0.2, 0.25) is 0 Å². The molecule has 2 heterocycles. The second-order valence-corrected chi connectivity index (χ2v) is 13.3. The van der Waals surface area contributed by atoms with E-state index in [0.29, 0.717) is 24.7 Å². The predicted octanol–water partition coefficient (Wildman–Crippen LogP) is 4.95. The molecule has 0 bridgehead atoms. The molecule has 1 amide bonds. The molecule has 7 nitrogen and oxygen atoms in total. The Morgan fingerprint density at radius 2 is 2.06 bits per heavy atom. The molecule has 36 heavy (non-hydrogen) atoms. The summed E-state index contributed by atoms with van der Waals surface area (Å²) in [6, 6.07) is 3.67. The van der Waals surface area contributed by atoms with Crippen molar-refractivity contribution in [2.24, 2.45) is 5.92 Å². The lowest BCUT2D eigenvalue weighted by Crippen LogP contribution is -2.48. The SMILES string of the molecule is C=CCOc1cc(CC)c(Cl)cc1C(N[S+]([O-])C(C)(C)C)C1CCN(C(=O)[C@H]2COC(C)(C)O2)CC1. The molecule has 1 aromatic carbocycles. The molecule has 0 saturated carbocycles. The minimum absolute atomic E-state index is 0.0350. The molecule has 9 heteroatoms. The van der Waals surface area contributed by atoms with Gasteiger partial charge in [0.1, 0.15) is 17.1 Å². The number of ether oxygens (including phenoxy) is 3. The summed E-state index contributed by atoms with van der Waals surface area (Å²) >= 11 is 5.34. The van der Waals surface area contributed by atoms with Gasteiger partial charge in [0.05, 0.1) is 12.6 Å². The number of rotatable bonds is 9. The van der Waals surface area contributed by atoms with E-state index < -0.39 is 28.0 Å². The van der Waals surface area contributed by atoms with E-state index in [2.05, 4.69) is 18.2 Å². The van der Waals surface area contributed by atoms with Crippen LogP contribution in [-0.4, -0.2) is 58.3 Å². The molecule has 0 aromatic heterocycles. The van der Waals surface area contributed by atoms with Crippen LogP contribution in [0.2, 0.25) is 5.02 Å². The lowest BCUT2D eigenvalue weighted by atomic mass is 9.85. The molecule has 2 aliphatic rings. The van der Waals surface area contributed by atoms with Gasteiger partial charge in [0, 0.05) is 35.0 Å². The van der Waals surface area contributed by atoms with Crippen LogP contribution in [-0.2, 0) is 32.1 Å². The zero-order valence-electron chi connectivity index (χ0n) is 22.4. The van der Waals surface area contributed by atoms with Crippen LogP contribution in [0.25, 0.3) is 0 Å². The molecular formula is C27H41ClN2O5S. The van der Waals surface area contributed by atoms with Gasteiger partial charge in [-0.25, -0.2) is 0 Å². The number of piperidine rings is 1. The molecule has 202 valence electrons. The van der Waals surface area contributed by atoms with Gasteiger partial charge in [-0.05, 0) is 77.5 Å². The summed E-state index contributed by atoms with van der Waals surface area (Å²) in [4.78, 5) is 14.9. The standard InChI is InChI=1S/C27H41ClN2O5S/c1-8-14-33-22-15-18(9-2)21(28)16-20(22)24(29-36(32)26(3,4)5)19-10-12-30(13-11-19)25(31)23-17-34-27(6,7)35-23/h8,15-16,19,23-24,29H,1,9-14,17H2,2-7H3/t23-,24?,36?/m1/s1. The summed E-state index contributed by atoms with van der Waals surface area (Å²) < 4.78 is 33.6. The van der Waals surface area contributed by atoms with Crippen molar-refractivity contribution in [1.82, 2.24) is 9.62 Å². The Kier molecular flexibility index (Phi) is 9.80. The maximum atomic E-state index is 13.2. The van der Waals surface area contributed by atoms with E-state index in [4.69, 9.17) is 25.8 Å². The molecule has 0 radical (unpaired) electrons. The number of aryl methyl sites for hydroxylation is 1. The zero-order chi connectivity index (χ0) is 26.7. The highest BCUT2D eigenvalue weighted by atomic mass is 35.5. The molecular weight excluding hydrogens is 500 g/mol. The molecule has 3 rings (SSSR count). The smallest absolute Gasteiger partial charge is 0.254 e. The average molecular weight is 541 g/mol. The fourth-order valence-corrected chi connectivity index (χ4v) is 5.78. The maximum absolute atomic E-state index is 13.2. The van der Waals surface area contributed by atoms with Crippen LogP contribution in [0.1, 0.15) is 71.6 Å². The van der Waals surface area contributed by atoms with Gasteiger partial charge in [-0.1, -0.05) is 31.2 Å². The summed E-state index contributed by atoms with van der Waals surface area (Å²) in [5.74, 6) is 0.0762. The Balaban J connectivity index is 1.84. The first-order chi connectivity index (χ1) is 16.9. The van der Waals surface area contributed by atoms with E-state index in [1.54, 1.807) is 6.08 Å². The highest BCUT2D eigenvalue weighted by molar-refractivity contribution is 7.90. The van der Waals surface area contributed by atoms with E-state index in [1.807, 2.05) is 51.7 Å². The first-order valence-corrected chi connectivity index (χ1v) is 14.2. The van der Waals surface area contributed by atoms with Crippen molar-refractivity contribution >= 4 is 28.9 Å². The van der Waals surface area contributed by atoms with Gasteiger partial charge in [-0.2, -0.15) is 0 Å². The Bertz CT molecular complexity index is 927. The van der Waals surface area contributed by atoms with Crippen LogP contribution < -0.4 is 9.46 Å². The molecule has 3 atom stereocenters. The van der Waals surface area contributed by atoms with E-state index in [1.165, 1.54) is 0 Å². The number of halogens is 1. The number of amides is 1. The number of likely N-dealkylation sites (tertiary alicyclic amines) is 1. The molecule has 2 aliphatic heterocycles. The van der Waals surface area contributed by atoms with Crippen LogP contribution in [0, 0.1) is 5.92 Å². The largest absolute Gasteiger partial charge is 0.598 e. The van der Waals surface area contributed by atoms with Crippen molar-refractivity contribution in [2.45, 2.75) is 83.5 Å².